The average molecular weight is 329 g/mol. The van der Waals surface area contributed by atoms with Crippen LogP contribution in [0.25, 0.3) is 0 Å². The van der Waals surface area contributed by atoms with Crippen molar-refractivity contribution in [2.75, 3.05) is 18.5 Å². The average Bonchev–Trinajstić information content (AvgIpc) is 2.59. The minimum Gasteiger partial charge on any atom is -0.490 e. The number of hydrogen-bond acceptors (Lipinski definition) is 4. The van der Waals surface area contributed by atoms with Gasteiger partial charge in [0.2, 0.25) is 0 Å². The molecule has 0 heterocycles. The molecular formula is C19H23NO4. The number of hydrogen-bond donors (Lipinski definition) is 2. The summed E-state index contributed by atoms with van der Waals surface area (Å²) < 4.78 is 11.6. The molecule has 0 saturated heterocycles. The van der Waals surface area contributed by atoms with Crippen LogP contribution in [0.15, 0.2) is 42.5 Å². The Morgan fingerprint density at radius 1 is 1.00 bits per heavy atom. The molecule has 0 fully saturated rings. The third-order valence-electron chi connectivity index (χ3n) is 3.30. The van der Waals surface area contributed by atoms with Gasteiger partial charge in [-0.2, -0.15) is 0 Å². The van der Waals surface area contributed by atoms with Gasteiger partial charge in [-0.05, 0) is 49.2 Å². The van der Waals surface area contributed by atoms with Crippen molar-refractivity contribution in [2.24, 2.45) is 0 Å². The van der Waals surface area contributed by atoms with Crippen molar-refractivity contribution < 1.29 is 19.4 Å². The molecule has 2 aromatic rings. The molecule has 5 heteroatoms. The molecule has 0 spiro atoms. The SMILES string of the molecule is CCCOc1cccc(Nc2ccc(C(=O)O)cc2)c1OCCC. The lowest BCUT2D eigenvalue weighted by molar-refractivity contribution is 0.0697. The van der Waals surface area contributed by atoms with Crippen LogP contribution < -0.4 is 14.8 Å². The lowest BCUT2D eigenvalue weighted by atomic mass is 10.2. The summed E-state index contributed by atoms with van der Waals surface area (Å²) >= 11 is 0. The molecule has 0 aromatic heterocycles. The van der Waals surface area contributed by atoms with E-state index < -0.39 is 5.97 Å². The van der Waals surface area contributed by atoms with Crippen LogP contribution in [0.1, 0.15) is 37.0 Å². The Labute approximate surface area is 142 Å². The summed E-state index contributed by atoms with van der Waals surface area (Å²) in [4.78, 5) is 10.9. The minimum absolute atomic E-state index is 0.253. The number of carbonyl (C=O) groups is 1. The number of anilines is 2. The van der Waals surface area contributed by atoms with Crippen LogP contribution >= 0.6 is 0 Å². The van der Waals surface area contributed by atoms with E-state index >= 15 is 0 Å². The Kier molecular flexibility index (Phi) is 6.49. The van der Waals surface area contributed by atoms with Crippen LogP contribution in [0.2, 0.25) is 0 Å². The molecule has 0 amide bonds. The molecule has 2 aromatic carbocycles. The lowest BCUT2D eigenvalue weighted by Crippen LogP contribution is -2.04. The first-order chi connectivity index (χ1) is 11.7. The largest absolute Gasteiger partial charge is 0.490 e. The van der Waals surface area contributed by atoms with Gasteiger partial charge in [0.15, 0.2) is 11.5 Å². The van der Waals surface area contributed by atoms with E-state index in [1.54, 1.807) is 24.3 Å². The highest BCUT2D eigenvalue weighted by Gasteiger charge is 2.12. The summed E-state index contributed by atoms with van der Waals surface area (Å²) in [5, 5.41) is 12.2. The van der Waals surface area contributed by atoms with Crippen LogP contribution in [0.4, 0.5) is 11.4 Å². The third kappa shape index (κ3) is 4.65. The molecule has 0 aliphatic rings. The van der Waals surface area contributed by atoms with Crippen LogP contribution in [0, 0.1) is 0 Å². The van der Waals surface area contributed by atoms with Gasteiger partial charge in [-0.3, -0.25) is 0 Å². The lowest BCUT2D eigenvalue weighted by Gasteiger charge is -2.17. The predicted octanol–water partition coefficient (Wildman–Crippen LogP) is 4.71. The highest BCUT2D eigenvalue weighted by atomic mass is 16.5. The fourth-order valence-corrected chi connectivity index (χ4v) is 2.14. The predicted molar refractivity (Wildman–Crippen MR) is 94.7 cm³/mol. The summed E-state index contributed by atoms with van der Waals surface area (Å²) in [6.07, 6.45) is 1.82. The Hall–Kier alpha value is -2.69. The second-order valence-corrected chi connectivity index (χ2v) is 5.34. The van der Waals surface area contributed by atoms with Gasteiger partial charge in [-0.25, -0.2) is 4.79 Å². The van der Waals surface area contributed by atoms with Crippen molar-refractivity contribution >= 4 is 17.3 Å². The molecule has 24 heavy (non-hydrogen) atoms. The van der Waals surface area contributed by atoms with Gasteiger partial charge in [0.25, 0.3) is 0 Å². The summed E-state index contributed by atoms with van der Waals surface area (Å²) in [6.45, 7) is 5.32. The normalized spacial score (nSPS) is 10.2. The number of aromatic carboxylic acids is 1. The molecule has 0 bridgehead atoms. The fraction of sp³-hybridized carbons (Fsp3) is 0.316. The van der Waals surface area contributed by atoms with Crippen molar-refractivity contribution in [3.63, 3.8) is 0 Å². The third-order valence-corrected chi connectivity index (χ3v) is 3.30. The number of nitrogens with one attached hydrogen (secondary N) is 1. The van der Waals surface area contributed by atoms with Crippen molar-refractivity contribution in [1.29, 1.82) is 0 Å². The molecule has 0 saturated carbocycles. The number of para-hydroxylation sites is 1. The van der Waals surface area contributed by atoms with E-state index in [0.29, 0.717) is 24.7 Å². The molecule has 128 valence electrons. The van der Waals surface area contributed by atoms with Crippen LogP contribution in [0.3, 0.4) is 0 Å². The number of rotatable bonds is 9. The van der Waals surface area contributed by atoms with Crippen molar-refractivity contribution in [1.82, 2.24) is 0 Å². The van der Waals surface area contributed by atoms with Crippen molar-refractivity contribution in [3.05, 3.63) is 48.0 Å². The quantitative estimate of drug-likeness (QED) is 0.697. The van der Waals surface area contributed by atoms with E-state index in [2.05, 4.69) is 12.2 Å². The summed E-state index contributed by atoms with van der Waals surface area (Å²) in [7, 11) is 0. The van der Waals surface area contributed by atoms with Gasteiger partial charge in [0.1, 0.15) is 0 Å². The fourth-order valence-electron chi connectivity index (χ4n) is 2.14. The van der Waals surface area contributed by atoms with E-state index in [1.807, 2.05) is 25.1 Å². The number of benzene rings is 2. The standard InChI is InChI=1S/C19H23NO4/c1-3-12-23-17-7-5-6-16(18(17)24-13-4-2)20-15-10-8-14(9-11-15)19(21)22/h5-11,20H,3-4,12-13H2,1-2H3,(H,21,22). The van der Waals surface area contributed by atoms with Crippen molar-refractivity contribution in [3.8, 4) is 11.5 Å². The van der Waals surface area contributed by atoms with E-state index in [4.69, 9.17) is 14.6 Å². The van der Waals surface area contributed by atoms with E-state index in [1.165, 1.54) is 0 Å². The van der Waals surface area contributed by atoms with E-state index in [-0.39, 0.29) is 5.56 Å². The zero-order chi connectivity index (χ0) is 17.4. The van der Waals surface area contributed by atoms with Gasteiger partial charge >= 0.3 is 5.97 Å². The Morgan fingerprint density at radius 2 is 1.67 bits per heavy atom. The zero-order valence-electron chi connectivity index (χ0n) is 14.0. The van der Waals surface area contributed by atoms with Crippen LogP contribution in [-0.4, -0.2) is 24.3 Å². The molecule has 0 aliphatic heterocycles. The maximum atomic E-state index is 10.9. The molecular weight excluding hydrogens is 306 g/mol. The monoisotopic (exact) mass is 329 g/mol. The van der Waals surface area contributed by atoms with Gasteiger partial charge in [0.05, 0.1) is 24.5 Å². The second-order valence-electron chi connectivity index (χ2n) is 5.34. The van der Waals surface area contributed by atoms with Crippen LogP contribution in [-0.2, 0) is 0 Å². The van der Waals surface area contributed by atoms with Crippen molar-refractivity contribution in [2.45, 2.75) is 26.7 Å². The molecule has 0 unspecified atom stereocenters. The molecule has 2 N–H and O–H groups in total. The minimum atomic E-state index is -0.941. The first-order valence-corrected chi connectivity index (χ1v) is 8.14. The highest BCUT2D eigenvalue weighted by molar-refractivity contribution is 5.88. The second kappa shape index (κ2) is 8.82. The first-order valence-electron chi connectivity index (χ1n) is 8.14. The number of carboxylic acids is 1. The van der Waals surface area contributed by atoms with Gasteiger partial charge in [-0.1, -0.05) is 19.9 Å². The number of carboxylic acid groups (broad SMARTS) is 1. The smallest absolute Gasteiger partial charge is 0.335 e. The molecule has 0 aliphatic carbocycles. The topological polar surface area (TPSA) is 67.8 Å². The summed E-state index contributed by atoms with van der Waals surface area (Å²) in [5.41, 5.74) is 1.83. The van der Waals surface area contributed by atoms with E-state index in [9.17, 15) is 4.79 Å². The molecule has 5 nitrogen and oxygen atoms in total. The van der Waals surface area contributed by atoms with Gasteiger partial charge < -0.3 is 19.9 Å². The van der Waals surface area contributed by atoms with Crippen LogP contribution in [0.5, 0.6) is 11.5 Å². The highest BCUT2D eigenvalue weighted by Crippen LogP contribution is 2.37. The summed E-state index contributed by atoms with van der Waals surface area (Å²) in [5.74, 6) is 0.441. The molecule has 0 radical (unpaired) electrons. The van der Waals surface area contributed by atoms with Gasteiger partial charge in [-0.15, -0.1) is 0 Å². The maximum Gasteiger partial charge on any atom is 0.335 e. The number of ether oxygens (including phenoxy) is 2. The maximum absolute atomic E-state index is 10.9. The Morgan fingerprint density at radius 3 is 2.29 bits per heavy atom. The zero-order valence-corrected chi connectivity index (χ0v) is 14.0. The van der Waals surface area contributed by atoms with E-state index in [0.717, 1.165) is 24.2 Å². The molecule has 0 atom stereocenters. The first kappa shape index (κ1) is 17.7. The van der Waals surface area contributed by atoms with Gasteiger partial charge in [0, 0.05) is 5.69 Å². The Bertz CT molecular complexity index is 668. The summed E-state index contributed by atoms with van der Waals surface area (Å²) in [6, 6.07) is 12.3. The Balaban J connectivity index is 2.25. The molecule has 2 rings (SSSR count).